The maximum Gasteiger partial charge on any atom is 0.224 e. The van der Waals surface area contributed by atoms with Gasteiger partial charge >= 0.3 is 0 Å². The molecular formula is C24H30N4O. The van der Waals surface area contributed by atoms with Gasteiger partial charge in [0.1, 0.15) is 5.82 Å². The number of nitrogens with one attached hydrogen (secondary N) is 1. The summed E-state index contributed by atoms with van der Waals surface area (Å²) in [4.78, 5) is 24.1. The van der Waals surface area contributed by atoms with Gasteiger partial charge in [-0.25, -0.2) is 9.97 Å². The second kappa shape index (κ2) is 9.68. The van der Waals surface area contributed by atoms with Crippen LogP contribution < -0.4 is 10.2 Å². The number of benzene rings is 1. The molecule has 2 heterocycles. The molecule has 1 N–H and O–H groups in total. The van der Waals surface area contributed by atoms with Crippen LogP contribution >= 0.6 is 0 Å². The van der Waals surface area contributed by atoms with E-state index in [9.17, 15) is 4.79 Å². The molecule has 29 heavy (non-hydrogen) atoms. The molecule has 1 aliphatic heterocycles. The third-order valence-corrected chi connectivity index (χ3v) is 5.92. The van der Waals surface area contributed by atoms with Crippen LogP contribution in [0.1, 0.15) is 44.9 Å². The molecule has 152 valence electrons. The van der Waals surface area contributed by atoms with E-state index in [1.807, 2.05) is 42.6 Å². The van der Waals surface area contributed by atoms with Crippen LogP contribution in [0.2, 0.25) is 0 Å². The van der Waals surface area contributed by atoms with Crippen molar-refractivity contribution in [2.45, 2.75) is 44.9 Å². The van der Waals surface area contributed by atoms with Crippen molar-refractivity contribution < 1.29 is 4.79 Å². The Morgan fingerprint density at radius 2 is 2.03 bits per heavy atom. The molecule has 1 unspecified atom stereocenters. The van der Waals surface area contributed by atoms with Crippen LogP contribution in [0.3, 0.4) is 0 Å². The van der Waals surface area contributed by atoms with E-state index in [0.29, 0.717) is 0 Å². The van der Waals surface area contributed by atoms with Gasteiger partial charge in [0.05, 0.1) is 5.92 Å². The summed E-state index contributed by atoms with van der Waals surface area (Å²) in [5, 5.41) is 3.17. The van der Waals surface area contributed by atoms with Gasteiger partial charge in [0.15, 0.2) is 5.82 Å². The molecule has 0 spiro atoms. The number of nitrogens with zero attached hydrogens (tertiary/aromatic N) is 3. The highest BCUT2D eigenvalue weighted by Crippen LogP contribution is 2.24. The Labute approximate surface area is 173 Å². The van der Waals surface area contributed by atoms with E-state index in [4.69, 9.17) is 4.98 Å². The van der Waals surface area contributed by atoms with Gasteiger partial charge < -0.3 is 10.2 Å². The highest BCUT2D eigenvalue weighted by atomic mass is 16.1. The van der Waals surface area contributed by atoms with Crippen molar-refractivity contribution in [3.63, 3.8) is 0 Å². The maximum atomic E-state index is 12.7. The van der Waals surface area contributed by atoms with Crippen molar-refractivity contribution in [2.75, 3.05) is 24.5 Å². The topological polar surface area (TPSA) is 58.1 Å². The molecule has 1 atom stereocenters. The molecule has 1 fully saturated rings. The highest BCUT2D eigenvalue weighted by molar-refractivity contribution is 5.79. The van der Waals surface area contributed by atoms with Gasteiger partial charge in [-0.3, -0.25) is 4.79 Å². The van der Waals surface area contributed by atoms with Crippen LogP contribution in [0.15, 0.2) is 54.2 Å². The number of rotatable bonds is 6. The molecule has 0 saturated carbocycles. The Kier molecular flexibility index (Phi) is 6.55. The summed E-state index contributed by atoms with van der Waals surface area (Å²) in [6.45, 7) is 2.41. The molecule has 0 bridgehead atoms. The summed E-state index contributed by atoms with van der Waals surface area (Å²) >= 11 is 0. The van der Waals surface area contributed by atoms with Crippen molar-refractivity contribution in [3.8, 4) is 11.4 Å². The summed E-state index contributed by atoms with van der Waals surface area (Å²) in [5.41, 5.74) is 2.52. The Hall–Kier alpha value is -2.69. The average molecular weight is 391 g/mol. The molecule has 1 aliphatic carbocycles. The van der Waals surface area contributed by atoms with E-state index in [2.05, 4.69) is 21.3 Å². The van der Waals surface area contributed by atoms with Gasteiger partial charge in [-0.15, -0.1) is 0 Å². The number of amides is 1. The van der Waals surface area contributed by atoms with Crippen molar-refractivity contribution in [3.05, 3.63) is 54.2 Å². The number of carbonyl (C=O) groups excluding carboxylic acids is 1. The SMILES string of the molecule is O=C(NCCC1=CCCCC1)C1CCCN(c2ccnc(-c3ccccc3)n2)C1. The second-order valence-corrected chi connectivity index (χ2v) is 8.04. The number of piperidine rings is 1. The maximum absolute atomic E-state index is 12.7. The van der Waals surface area contributed by atoms with E-state index in [0.717, 1.165) is 56.1 Å². The summed E-state index contributed by atoms with van der Waals surface area (Å²) < 4.78 is 0. The highest BCUT2D eigenvalue weighted by Gasteiger charge is 2.26. The van der Waals surface area contributed by atoms with Crippen LogP contribution in [0.5, 0.6) is 0 Å². The molecule has 2 aliphatic rings. The number of hydrogen-bond donors (Lipinski definition) is 1. The van der Waals surface area contributed by atoms with Gasteiger partial charge in [-0.1, -0.05) is 42.0 Å². The molecule has 1 aromatic carbocycles. The first-order valence-corrected chi connectivity index (χ1v) is 10.9. The van der Waals surface area contributed by atoms with Gasteiger partial charge in [-0.05, 0) is 51.0 Å². The molecule has 1 saturated heterocycles. The van der Waals surface area contributed by atoms with Crippen LogP contribution in [-0.2, 0) is 4.79 Å². The quantitative estimate of drug-likeness (QED) is 0.744. The van der Waals surface area contributed by atoms with Crippen molar-refractivity contribution >= 4 is 11.7 Å². The fourth-order valence-corrected chi connectivity index (χ4v) is 4.27. The Balaban J connectivity index is 1.34. The smallest absolute Gasteiger partial charge is 0.224 e. The molecule has 1 aromatic heterocycles. The lowest BCUT2D eigenvalue weighted by atomic mass is 9.96. The van der Waals surface area contributed by atoms with E-state index in [-0.39, 0.29) is 11.8 Å². The van der Waals surface area contributed by atoms with E-state index in [1.54, 1.807) is 0 Å². The molecule has 5 heteroatoms. The lowest BCUT2D eigenvalue weighted by Gasteiger charge is -2.33. The van der Waals surface area contributed by atoms with Crippen LogP contribution in [0.4, 0.5) is 5.82 Å². The molecule has 4 rings (SSSR count). The number of carbonyl (C=O) groups is 1. The molecule has 5 nitrogen and oxygen atoms in total. The zero-order valence-electron chi connectivity index (χ0n) is 17.0. The average Bonchev–Trinajstić information content (AvgIpc) is 2.80. The number of allylic oxidation sites excluding steroid dienone is 1. The van der Waals surface area contributed by atoms with Gasteiger partial charge in [-0.2, -0.15) is 0 Å². The zero-order valence-corrected chi connectivity index (χ0v) is 17.0. The van der Waals surface area contributed by atoms with Gasteiger partial charge in [0.25, 0.3) is 0 Å². The molecular weight excluding hydrogens is 360 g/mol. The minimum atomic E-state index is 0.0271. The number of aromatic nitrogens is 2. The summed E-state index contributed by atoms with van der Waals surface area (Å²) in [5.74, 6) is 1.85. The van der Waals surface area contributed by atoms with Crippen molar-refractivity contribution in [2.24, 2.45) is 5.92 Å². The fourth-order valence-electron chi connectivity index (χ4n) is 4.27. The lowest BCUT2D eigenvalue weighted by molar-refractivity contribution is -0.125. The first kappa shape index (κ1) is 19.6. The summed E-state index contributed by atoms with van der Waals surface area (Å²) in [7, 11) is 0. The van der Waals surface area contributed by atoms with Crippen LogP contribution in [-0.4, -0.2) is 35.5 Å². The fraction of sp³-hybridized carbons (Fsp3) is 0.458. The Morgan fingerprint density at radius 1 is 1.14 bits per heavy atom. The predicted octanol–water partition coefficient (Wildman–Crippen LogP) is 4.37. The largest absolute Gasteiger partial charge is 0.356 e. The summed E-state index contributed by atoms with van der Waals surface area (Å²) in [6.07, 6.45) is 12.1. The molecule has 0 radical (unpaired) electrons. The van der Waals surface area contributed by atoms with Crippen LogP contribution in [0, 0.1) is 5.92 Å². The molecule has 2 aromatic rings. The van der Waals surface area contributed by atoms with Gasteiger partial charge in [0, 0.05) is 31.4 Å². The van der Waals surface area contributed by atoms with Crippen molar-refractivity contribution in [1.29, 1.82) is 0 Å². The normalized spacial score (nSPS) is 19.5. The lowest BCUT2D eigenvalue weighted by Crippen LogP contribution is -2.43. The van der Waals surface area contributed by atoms with Gasteiger partial charge in [0.2, 0.25) is 5.91 Å². The van der Waals surface area contributed by atoms with Crippen molar-refractivity contribution in [1.82, 2.24) is 15.3 Å². The monoisotopic (exact) mass is 390 g/mol. The van der Waals surface area contributed by atoms with E-state index in [1.165, 1.54) is 31.3 Å². The first-order valence-electron chi connectivity index (χ1n) is 10.9. The van der Waals surface area contributed by atoms with E-state index < -0.39 is 0 Å². The third kappa shape index (κ3) is 5.22. The number of anilines is 1. The first-order chi connectivity index (χ1) is 14.3. The Bertz CT molecular complexity index is 849. The third-order valence-electron chi connectivity index (χ3n) is 5.92. The standard InChI is InChI=1S/C24H30N4O/c29-24(26-15-13-19-8-3-1-4-9-19)21-12-7-17-28(18-21)22-14-16-25-23(27-22)20-10-5-2-6-11-20/h2,5-6,8,10-11,14,16,21H,1,3-4,7,9,12-13,15,17-18H2,(H,26,29). The molecule has 1 amide bonds. The number of hydrogen-bond acceptors (Lipinski definition) is 4. The second-order valence-electron chi connectivity index (χ2n) is 8.04. The minimum Gasteiger partial charge on any atom is -0.356 e. The van der Waals surface area contributed by atoms with E-state index >= 15 is 0 Å². The minimum absolute atomic E-state index is 0.0271. The predicted molar refractivity (Wildman–Crippen MR) is 117 cm³/mol. The van der Waals surface area contributed by atoms with Crippen LogP contribution in [0.25, 0.3) is 11.4 Å². The Morgan fingerprint density at radius 3 is 2.86 bits per heavy atom. The zero-order chi connectivity index (χ0) is 19.9. The summed E-state index contributed by atoms with van der Waals surface area (Å²) in [6, 6.07) is 12.0.